The molecule has 0 aliphatic heterocycles. The van der Waals surface area contributed by atoms with Crippen LogP contribution in [0.15, 0.2) is 54.7 Å². The van der Waals surface area contributed by atoms with Gasteiger partial charge in [0.15, 0.2) is 0 Å². The highest BCUT2D eigenvalue weighted by Gasteiger charge is 2.16. The zero-order chi connectivity index (χ0) is 17.5. The van der Waals surface area contributed by atoms with Crippen LogP contribution in [0, 0.1) is 0 Å². The molecule has 2 aromatic carbocycles. The van der Waals surface area contributed by atoms with Gasteiger partial charge in [0.1, 0.15) is 5.75 Å². The van der Waals surface area contributed by atoms with Crippen LogP contribution in [0.5, 0.6) is 5.75 Å². The number of hydrogen-bond donors (Lipinski definition) is 1. The Hall–Kier alpha value is -1.78. The third kappa shape index (κ3) is 3.35. The average Bonchev–Trinajstić information content (AvgIpc) is 3.01. The Balaban J connectivity index is 1.96. The quantitative estimate of drug-likeness (QED) is 0.565. The van der Waals surface area contributed by atoms with E-state index in [1.807, 2.05) is 0 Å². The second-order valence-electron chi connectivity index (χ2n) is 4.66. The molecule has 3 rings (SSSR count). The highest BCUT2D eigenvalue weighted by atomic mass is 79.9. The van der Waals surface area contributed by atoms with Crippen molar-refractivity contribution in [2.24, 2.45) is 0 Å². The molecule has 3 aromatic rings. The number of benzene rings is 2. The molecule has 0 aliphatic carbocycles. The molecule has 0 bridgehead atoms. The number of phenolic OH excluding ortho intramolecular Hbond substituents is 1. The fourth-order valence-corrected chi connectivity index (χ4v) is 3.55. The maximum Gasteiger partial charge on any atom is 0.332 e. The van der Waals surface area contributed by atoms with Gasteiger partial charge in [0, 0.05) is 11.1 Å². The largest absolute Gasteiger partial charge is 0.506 e. The van der Waals surface area contributed by atoms with Crippen molar-refractivity contribution in [2.45, 2.75) is 4.90 Å². The van der Waals surface area contributed by atoms with Gasteiger partial charge < -0.3 is 9.52 Å². The maximum atomic E-state index is 12.9. The van der Waals surface area contributed by atoms with Crippen molar-refractivity contribution in [3.8, 4) is 28.7 Å². The highest BCUT2D eigenvalue weighted by Crippen LogP contribution is 2.37. The van der Waals surface area contributed by atoms with Crippen molar-refractivity contribution in [1.82, 2.24) is 10.2 Å². The zero-order valence-electron chi connectivity index (χ0n) is 11.6. The van der Waals surface area contributed by atoms with Crippen LogP contribution < -0.4 is 0 Å². The van der Waals surface area contributed by atoms with E-state index in [2.05, 4.69) is 42.1 Å². The predicted molar refractivity (Wildman–Crippen MR) is 90.5 cm³/mol. The number of phenols is 1. The first-order valence-electron chi connectivity index (χ1n) is 6.32. The lowest BCUT2D eigenvalue weighted by atomic mass is 10.2. The third-order valence-corrected chi connectivity index (χ3v) is 5.12. The van der Waals surface area contributed by atoms with Crippen molar-refractivity contribution in [2.75, 3.05) is 0 Å². The number of halogens is 3. The number of aromatic nitrogens is 2. The Kier molecular flexibility index (Phi) is 4.45. The number of hydrogen-bond acceptors (Lipinski definition) is 6. The van der Waals surface area contributed by atoms with Gasteiger partial charge >= 0.3 is 10.2 Å². The van der Waals surface area contributed by atoms with E-state index in [-0.39, 0.29) is 17.5 Å². The Labute approximate surface area is 152 Å². The van der Waals surface area contributed by atoms with E-state index in [0.717, 1.165) is 12.1 Å². The normalized spacial score (nSPS) is 11.6. The molecule has 0 saturated carbocycles. The summed E-state index contributed by atoms with van der Waals surface area (Å²) < 4.78 is 40.9. The van der Waals surface area contributed by atoms with E-state index < -0.39 is 15.1 Å². The van der Waals surface area contributed by atoms with Crippen LogP contribution in [-0.2, 0) is 10.2 Å². The minimum absolute atomic E-state index is 0.0431. The predicted octanol–water partition coefficient (Wildman–Crippen LogP) is 4.29. The van der Waals surface area contributed by atoms with E-state index in [9.17, 15) is 17.4 Å². The Morgan fingerprint density at radius 2 is 1.46 bits per heavy atom. The minimum Gasteiger partial charge on any atom is -0.506 e. The summed E-state index contributed by atoms with van der Waals surface area (Å²) >= 11 is 6.42. The van der Waals surface area contributed by atoms with Gasteiger partial charge in [-0.1, -0.05) is 0 Å². The smallest absolute Gasteiger partial charge is 0.332 e. The van der Waals surface area contributed by atoms with Gasteiger partial charge in [-0.2, -0.15) is 8.42 Å². The maximum absolute atomic E-state index is 12.9. The summed E-state index contributed by atoms with van der Waals surface area (Å²) in [5, 5.41) is 17.5. The van der Waals surface area contributed by atoms with Crippen molar-refractivity contribution in [1.29, 1.82) is 0 Å². The van der Waals surface area contributed by atoms with E-state index in [0.29, 0.717) is 20.1 Å². The van der Waals surface area contributed by atoms with Crippen LogP contribution in [0.4, 0.5) is 3.89 Å². The van der Waals surface area contributed by atoms with Crippen molar-refractivity contribution >= 4 is 42.1 Å². The molecule has 0 spiro atoms. The molecule has 0 aliphatic rings. The second kappa shape index (κ2) is 6.26. The lowest BCUT2D eigenvalue weighted by Gasteiger charge is -2.02. The topological polar surface area (TPSA) is 93.3 Å². The molecule has 0 radical (unpaired) electrons. The Morgan fingerprint density at radius 3 is 1.96 bits per heavy atom. The van der Waals surface area contributed by atoms with Gasteiger partial charge in [-0.15, -0.1) is 14.1 Å². The molecule has 0 saturated heterocycles. The summed E-state index contributed by atoms with van der Waals surface area (Å²) in [6.07, 6.45) is 0. The van der Waals surface area contributed by atoms with Gasteiger partial charge in [0.2, 0.25) is 11.8 Å². The van der Waals surface area contributed by atoms with Crippen LogP contribution >= 0.6 is 31.9 Å². The van der Waals surface area contributed by atoms with E-state index in [4.69, 9.17) is 4.42 Å². The number of rotatable bonds is 3. The van der Waals surface area contributed by atoms with E-state index >= 15 is 0 Å². The first kappa shape index (κ1) is 17.1. The summed E-state index contributed by atoms with van der Waals surface area (Å²) in [6.45, 7) is 0. The summed E-state index contributed by atoms with van der Waals surface area (Å²) in [5.74, 6) is 0.392. The van der Waals surface area contributed by atoms with Crippen molar-refractivity contribution in [3.63, 3.8) is 0 Å². The molecule has 0 amide bonds. The zero-order valence-corrected chi connectivity index (χ0v) is 15.6. The first-order chi connectivity index (χ1) is 11.3. The lowest BCUT2D eigenvalue weighted by molar-refractivity contribution is 0.468. The Bertz CT molecular complexity index is 997. The van der Waals surface area contributed by atoms with Gasteiger partial charge in [-0.25, -0.2) is 0 Å². The summed E-state index contributed by atoms with van der Waals surface area (Å²) in [6, 6.07) is 8.18. The van der Waals surface area contributed by atoms with Crippen LogP contribution in [0.3, 0.4) is 0 Å². The molecule has 10 heteroatoms. The van der Waals surface area contributed by atoms with Gasteiger partial charge in [-0.3, -0.25) is 0 Å². The summed E-state index contributed by atoms with van der Waals surface area (Å²) in [4.78, 5) is -0.447. The average molecular weight is 478 g/mol. The standard InChI is InChI=1S/C14H7Br2FN2O4S/c15-10-5-8(6-11(16)12(10)20)14-19-18-13(23-14)7-1-3-9(4-2-7)24(17,21)22/h1-6,20H. The second-order valence-corrected chi connectivity index (χ2v) is 7.72. The van der Waals surface area contributed by atoms with Crippen LogP contribution in [-0.4, -0.2) is 23.7 Å². The minimum atomic E-state index is -4.75. The number of nitrogens with zero attached hydrogens (tertiary/aromatic N) is 2. The molecule has 1 N–H and O–H groups in total. The van der Waals surface area contributed by atoms with E-state index in [1.165, 1.54) is 12.1 Å². The van der Waals surface area contributed by atoms with Gasteiger partial charge in [-0.05, 0) is 68.3 Å². The SMILES string of the molecule is O=S(=O)(F)c1ccc(-c2nnc(-c3cc(Br)c(O)c(Br)c3)o2)cc1. The molecule has 0 unspecified atom stereocenters. The van der Waals surface area contributed by atoms with Crippen LogP contribution in [0.25, 0.3) is 22.9 Å². The molecular formula is C14H7Br2FN2O4S. The van der Waals surface area contributed by atoms with Crippen LogP contribution in [0.2, 0.25) is 0 Å². The lowest BCUT2D eigenvalue weighted by Crippen LogP contribution is -1.91. The van der Waals surface area contributed by atoms with Crippen molar-refractivity contribution < 1.29 is 21.8 Å². The molecule has 0 atom stereocenters. The number of aromatic hydroxyl groups is 1. The van der Waals surface area contributed by atoms with Crippen molar-refractivity contribution in [3.05, 3.63) is 45.3 Å². The molecular weight excluding hydrogens is 471 g/mol. The highest BCUT2D eigenvalue weighted by molar-refractivity contribution is 9.11. The Morgan fingerprint density at radius 1 is 0.958 bits per heavy atom. The van der Waals surface area contributed by atoms with Crippen LogP contribution in [0.1, 0.15) is 0 Å². The third-order valence-electron chi connectivity index (χ3n) is 3.07. The first-order valence-corrected chi connectivity index (χ1v) is 9.29. The van der Waals surface area contributed by atoms with Gasteiger partial charge in [0.25, 0.3) is 0 Å². The molecule has 6 nitrogen and oxygen atoms in total. The molecule has 1 aromatic heterocycles. The molecule has 0 fully saturated rings. The van der Waals surface area contributed by atoms with E-state index in [1.54, 1.807) is 12.1 Å². The molecule has 124 valence electrons. The summed E-state index contributed by atoms with van der Waals surface area (Å²) in [5.41, 5.74) is 1.01. The fraction of sp³-hybridized carbons (Fsp3) is 0. The molecule has 24 heavy (non-hydrogen) atoms. The van der Waals surface area contributed by atoms with Gasteiger partial charge in [0.05, 0.1) is 13.8 Å². The molecule has 1 heterocycles. The summed E-state index contributed by atoms with van der Waals surface area (Å²) in [7, 11) is -4.75. The fourth-order valence-electron chi connectivity index (χ4n) is 1.91. The monoisotopic (exact) mass is 476 g/mol.